The number of carbonyl (C=O) groups excluding carboxylic acids is 2. The van der Waals surface area contributed by atoms with Gasteiger partial charge in [-0.3, -0.25) is 9.59 Å². The van der Waals surface area contributed by atoms with Crippen molar-refractivity contribution in [2.24, 2.45) is 5.41 Å². The second kappa shape index (κ2) is 9.00. The van der Waals surface area contributed by atoms with Gasteiger partial charge in [-0.05, 0) is 25.2 Å². The molecule has 2 fully saturated rings. The van der Waals surface area contributed by atoms with Gasteiger partial charge in [0, 0.05) is 30.5 Å². The summed E-state index contributed by atoms with van der Waals surface area (Å²) in [7, 11) is 0. The van der Waals surface area contributed by atoms with Gasteiger partial charge in [-0.25, -0.2) is 4.68 Å². The first-order chi connectivity index (χ1) is 16.3. The molecule has 4 rings (SSSR count). The molecule has 1 unspecified atom stereocenters. The molecule has 0 bridgehead atoms. The van der Waals surface area contributed by atoms with Crippen molar-refractivity contribution in [2.45, 2.75) is 103 Å². The summed E-state index contributed by atoms with van der Waals surface area (Å²) in [6.45, 7) is 13.6. The maximum absolute atomic E-state index is 13.8. The number of amides is 2. The Hall–Kier alpha value is -2.82. The highest BCUT2D eigenvalue weighted by molar-refractivity contribution is 5.90. The van der Waals surface area contributed by atoms with Crippen molar-refractivity contribution in [3.63, 3.8) is 0 Å². The fourth-order valence-electron chi connectivity index (χ4n) is 4.41. The SMILES string of the molecule is CC(NC(=O)[C@H]1C[C@H](O)CN1C(=O)[C@H](n1cc(C2CC2)nn1)C(C)(C)C)c1nc(C(C)(C)C)no1. The van der Waals surface area contributed by atoms with Gasteiger partial charge < -0.3 is 19.8 Å². The molecule has 4 atom stereocenters. The second-order valence-corrected chi connectivity index (χ2v) is 12.0. The number of carbonyl (C=O) groups is 2. The van der Waals surface area contributed by atoms with Gasteiger partial charge >= 0.3 is 0 Å². The lowest BCUT2D eigenvalue weighted by Gasteiger charge is -2.34. The lowest BCUT2D eigenvalue weighted by atomic mass is 9.85. The van der Waals surface area contributed by atoms with E-state index in [1.165, 1.54) is 4.90 Å². The fourth-order valence-corrected chi connectivity index (χ4v) is 4.41. The van der Waals surface area contributed by atoms with E-state index in [1.54, 1.807) is 11.6 Å². The number of rotatable bonds is 6. The molecule has 11 nitrogen and oxygen atoms in total. The molecule has 2 aromatic rings. The van der Waals surface area contributed by atoms with Crippen molar-refractivity contribution in [3.8, 4) is 0 Å². The molecule has 192 valence electrons. The number of nitrogens with zero attached hydrogens (tertiary/aromatic N) is 6. The van der Waals surface area contributed by atoms with Crippen LogP contribution in [0.4, 0.5) is 0 Å². The van der Waals surface area contributed by atoms with E-state index in [4.69, 9.17) is 4.52 Å². The van der Waals surface area contributed by atoms with E-state index in [-0.39, 0.29) is 30.2 Å². The number of β-amino-alcohol motifs (C(OH)–C–C–N with tert-alkyl or cyclic N) is 1. The van der Waals surface area contributed by atoms with Gasteiger partial charge in [0.1, 0.15) is 18.1 Å². The number of likely N-dealkylation sites (tertiary alicyclic amines) is 1. The number of hydrogen-bond donors (Lipinski definition) is 2. The zero-order valence-electron chi connectivity index (χ0n) is 21.6. The summed E-state index contributed by atoms with van der Waals surface area (Å²) >= 11 is 0. The average Bonchev–Trinajstić information content (AvgIpc) is 3.15. The summed E-state index contributed by atoms with van der Waals surface area (Å²) in [5, 5.41) is 25.8. The Kier molecular flexibility index (Phi) is 6.50. The normalized spacial score (nSPS) is 22.8. The monoisotopic (exact) mass is 487 g/mol. The van der Waals surface area contributed by atoms with Crippen molar-refractivity contribution in [1.82, 2.24) is 35.4 Å². The predicted molar refractivity (Wildman–Crippen MR) is 126 cm³/mol. The van der Waals surface area contributed by atoms with E-state index >= 15 is 0 Å². The van der Waals surface area contributed by atoms with E-state index in [2.05, 4.69) is 25.8 Å². The maximum Gasteiger partial charge on any atom is 0.248 e. The van der Waals surface area contributed by atoms with Crippen LogP contribution < -0.4 is 5.32 Å². The van der Waals surface area contributed by atoms with Crippen LogP contribution in [0.2, 0.25) is 0 Å². The Morgan fingerprint density at radius 2 is 1.89 bits per heavy atom. The van der Waals surface area contributed by atoms with Crippen LogP contribution in [0.3, 0.4) is 0 Å². The van der Waals surface area contributed by atoms with Crippen molar-refractivity contribution in [1.29, 1.82) is 0 Å². The molecule has 2 aliphatic rings. The van der Waals surface area contributed by atoms with Crippen LogP contribution in [0.5, 0.6) is 0 Å². The molecule has 3 heterocycles. The highest BCUT2D eigenvalue weighted by Gasteiger charge is 2.45. The van der Waals surface area contributed by atoms with Crippen LogP contribution in [-0.2, 0) is 15.0 Å². The molecular formula is C24H37N7O4. The lowest BCUT2D eigenvalue weighted by molar-refractivity contribution is -0.144. The van der Waals surface area contributed by atoms with Crippen molar-refractivity contribution < 1.29 is 19.2 Å². The number of aromatic nitrogens is 5. The quantitative estimate of drug-likeness (QED) is 0.632. The number of aliphatic hydroxyl groups excluding tert-OH is 1. The molecule has 0 radical (unpaired) electrons. The summed E-state index contributed by atoms with van der Waals surface area (Å²) in [5.41, 5.74) is 0.124. The zero-order valence-corrected chi connectivity index (χ0v) is 21.6. The molecule has 2 aromatic heterocycles. The minimum atomic E-state index is -0.818. The molecule has 2 amide bonds. The summed E-state index contributed by atoms with van der Waals surface area (Å²) in [4.78, 5) is 33.0. The van der Waals surface area contributed by atoms with Crippen LogP contribution in [0, 0.1) is 5.41 Å². The van der Waals surface area contributed by atoms with Crippen molar-refractivity contribution in [3.05, 3.63) is 23.6 Å². The van der Waals surface area contributed by atoms with Gasteiger partial charge in [0.15, 0.2) is 5.82 Å². The minimum absolute atomic E-state index is 0.0801. The Morgan fingerprint density at radius 1 is 1.20 bits per heavy atom. The van der Waals surface area contributed by atoms with Gasteiger partial charge in [-0.1, -0.05) is 51.9 Å². The Balaban J connectivity index is 1.52. The summed E-state index contributed by atoms with van der Waals surface area (Å²) in [6, 6.07) is -2.03. The Labute approximate surface area is 205 Å². The molecule has 1 saturated heterocycles. The topological polar surface area (TPSA) is 139 Å². The molecular weight excluding hydrogens is 450 g/mol. The standard InChI is InChI=1S/C24H37N7O4/c1-13(20-26-22(28-35-20)24(5,6)7)25-19(33)17-10-15(32)11-30(17)21(34)18(23(2,3)4)31-12-16(27-29-31)14-8-9-14/h12-15,17-18,32H,8-11H2,1-7H3,(H,25,33)/t13?,15-,17+,18-/m0/s1. The second-order valence-electron chi connectivity index (χ2n) is 12.0. The van der Waals surface area contributed by atoms with E-state index in [0.717, 1.165) is 18.5 Å². The third kappa shape index (κ3) is 5.39. The average molecular weight is 488 g/mol. The molecule has 1 saturated carbocycles. The summed E-state index contributed by atoms with van der Waals surface area (Å²) in [6.07, 6.45) is 3.38. The first kappa shape index (κ1) is 25.3. The van der Waals surface area contributed by atoms with Gasteiger partial charge in [-0.2, -0.15) is 4.98 Å². The highest BCUT2D eigenvalue weighted by Crippen LogP contribution is 2.40. The van der Waals surface area contributed by atoms with Crippen LogP contribution in [-0.4, -0.2) is 65.6 Å². The lowest BCUT2D eigenvalue weighted by Crippen LogP contribution is -2.50. The van der Waals surface area contributed by atoms with Crippen LogP contribution in [0.25, 0.3) is 0 Å². The Morgan fingerprint density at radius 3 is 2.46 bits per heavy atom. The van der Waals surface area contributed by atoms with E-state index < -0.39 is 29.6 Å². The fraction of sp³-hybridized carbons (Fsp3) is 0.750. The van der Waals surface area contributed by atoms with E-state index in [0.29, 0.717) is 17.6 Å². The maximum atomic E-state index is 13.8. The van der Waals surface area contributed by atoms with Gasteiger partial charge in [0.25, 0.3) is 0 Å². The van der Waals surface area contributed by atoms with Crippen molar-refractivity contribution >= 4 is 11.8 Å². The largest absolute Gasteiger partial charge is 0.391 e. The third-order valence-corrected chi connectivity index (χ3v) is 6.55. The predicted octanol–water partition coefficient (Wildman–Crippen LogP) is 2.26. The third-order valence-electron chi connectivity index (χ3n) is 6.55. The molecule has 35 heavy (non-hydrogen) atoms. The van der Waals surface area contributed by atoms with Gasteiger partial charge in [0.05, 0.1) is 11.8 Å². The van der Waals surface area contributed by atoms with Crippen LogP contribution in [0.15, 0.2) is 10.7 Å². The molecule has 1 aliphatic carbocycles. The molecule has 1 aliphatic heterocycles. The van der Waals surface area contributed by atoms with Crippen LogP contribution in [0.1, 0.15) is 103 Å². The molecule has 0 spiro atoms. The minimum Gasteiger partial charge on any atom is -0.391 e. The summed E-state index contributed by atoms with van der Waals surface area (Å²) in [5.74, 6) is 0.622. The first-order valence-corrected chi connectivity index (χ1v) is 12.3. The molecule has 0 aromatic carbocycles. The zero-order chi connectivity index (χ0) is 25.7. The smallest absolute Gasteiger partial charge is 0.248 e. The van der Waals surface area contributed by atoms with E-state index in [1.807, 2.05) is 47.7 Å². The molecule has 11 heteroatoms. The number of hydrogen-bond acceptors (Lipinski definition) is 8. The Bertz CT molecular complexity index is 1080. The number of nitrogens with one attached hydrogen (secondary N) is 1. The van der Waals surface area contributed by atoms with Crippen molar-refractivity contribution in [2.75, 3.05) is 6.54 Å². The molecule has 2 N–H and O–H groups in total. The van der Waals surface area contributed by atoms with Gasteiger partial charge in [0.2, 0.25) is 17.7 Å². The number of aliphatic hydroxyl groups is 1. The van der Waals surface area contributed by atoms with E-state index in [9.17, 15) is 14.7 Å². The van der Waals surface area contributed by atoms with Gasteiger partial charge in [-0.15, -0.1) is 5.10 Å². The summed E-state index contributed by atoms with van der Waals surface area (Å²) < 4.78 is 6.97. The first-order valence-electron chi connectivity index (χ1n) is 12.3. The van der Waals surface area contributed by atoms with Crippen LogP contribution >= 0.6 is 0 Å². The highest BCUT2D eigenvalue weighted by atomic mass is 16.5.